The van der Waals surface area contributed by atoms with E-state index in [1.165, 1.54) is 13.0 Å². The van der Waals surface area contributed by atoms with Crippen LogP contribution in [0.3, 0.4) is 0 Å². The van der Waals surface area contributed by atoms with E-state index in [0.717, 1.165) is 0 Å². The summed E-state index contributed by atoms with van der Waals surface area (Å²) in [6.45, 7) is 0.108. The maximum absolute atomic E-state index is 12.1. The number of hydrogen-bond donors (Lipinski definition) is 0. The van der Waals surface area contributed by atoms with Crippen LogP contribution in [0.4, 0.5) is 8.78 Å². The van der Waals surface area contributed by atoms with Crippen LogP contribution in [-0.2, 0) is 0 Å². The lowest BCUT2D eigenvalue weighted by Crippen LogP contribution is -2.06. The molecule has 0 saturated carbocycles. The van der Waals surface area contributed by atoms with Gasteiger partial charge >= 0.3 is 6.61 Å². The van der Waals surface area contributed by atoms with E-state index >= 15 is 0 Å². The predicted octanol–water partition coefficient (Wildman–Crippen LogP) is 3.40. The number of carbonyl (C=O) groups excluding carboxylic acids is 1. The molecular formula is C10H9F2IO2. The van der Waals surface area contributed by atoms with Gasteiger partial charge in [0.15, 0.2) is 5.78 Å². The quantitative estimate of drug-likeness (QED) is 0.629. The highest BCUT2D eigenvalue weighted by molar-refractivity contribution is 14.1. The van der Waals surface area contributed by atoms with Crippen molar-refractivity contribution in [1.29, 1.82) is 0 Å². The molecule has 0 bridgehead atoms. The van der Waals surface area contributed by atoms with Crippen molar-refractivity contribution in [3.05, 3.63) is 26.8 Å². The second-order valence-corrected chi connectivity index (χ2v) is 4.26. The molecule has 0 fully saturated rings. The smallest absolute Gasteiger partial charge is 0.387 e. The average Bonchev–Trinajstić information content (AvgIpc) is 2.09. The molecule has 15 heavy (non-hydrogen) atoms. The van der Waals surface area contributed by atoms with Crippen molar-refractivity contribution in [1.82, 2.24) is 0 Å². The summed E-state index contributed by atoms with van der Waals surface area (Å²) in [5.41, 5.74) is 0.862. The Bertz CT molecular complexity index is 391. The van der Waals surface area contributed by atoms with Crippen molar-refractivity contribution >= 4 is 28.4 Å². The maximum Gasteiger partial charge on any atom is 0.387 e. The first kappa shape index (κ1) is 12.4. The van der Waals surface area contributed by atoms with Gasteiger partial charge in [-0.15, -0.1) is 0 Å². The van der Waals surface area contributed by atoms with Gasteiger partial charge in [0.1, 0.15) is 5.75 Å². The minimum Gasteiger partial charge on any atom is -0.434 e. The largest absolute Gasteiger partial charge is 0.434 e. The summed E-state index contributed by atoms with van der Waals surface area (Å²) in [5, 5.41) is 0. The fraction of sp³-hybridized carbons (Fsp3) is 0.300. The summed E-state index contributed by atoms with van der Waals surface area (Å²) in [4.78, 5) is 11.2. The van der Waals surface area contributed by atoms with E-state index < -0.39 is 6.61 Å². The van der Waals surface area contributed by atoms with Gasteiger partial charge in [-0.1, -0.05) is 0 Å². The van der Waals surface area contributed by atoms with Gasteiger partial charge < -0.3 is 4.74 Å². The van der Waals surface area contributed by atoms with Gasteiger partial charge in [0.25, 0.3) is 0 Å². The first-order valence-electron chi connectivity index (χ1n) is 4.17. The molecule has 5 heteroatoms. The van der Waals surface area contributed by atoms with E-state index in [1.807, 2.05) is 22.6 Å². The molecule has 0 spiro atoms. The van der Waals surface area contributed by atoms with Crippen LogP contribution in [0.1, 0.15) is 22.8 Å². The number of hydrogen-bond acceptors (Lipinski definition) is 2. The summed E-state index contributed by atoms with van der Waals surface area (Å²) >= 11 is 1.95. The fourth-order valence-corrected chi connectivity index (χ4v) is 1.83. The third-order valence-electron chi connectivity index (χ3n) is 1.92. The Kier molecular flexibility index (Phi) is 4.01. The number of ketones is 1. The van der Waals surface area contributed by atoms with Crippen LogP contribution < -0.4 is 4.74 Å². The van der Waals surface area contributed by atoms with Gasteiger partial charge in [0, 0.05) is 14.7 Å². The van der Waals surface area contributed by atoms with Gasteiger partial charge in [-0.3, -0.25) is 4.79 Å². The molecule has 0 amide bonds. The molecule has 1 rings (SSSR count). The molecule has 2 nitrogen and oxygen atoms in total. The molecule has 0 aromatic heterocycles. The molecule has 0 aliphatic rings. The Morgan fingerprint density at radius 1 is 1.47 bits per heavy atom. The minimum absolute atomic E-state index is 0.0575. The van der Waals surface area contributed by atoms with Gasteiger partial charge in [-0.25, -0.2) is 0 Å². The number of halogens is 3. The van der Waals surface area contributed by atoms with Crippen LogP contribution in [0.5, 0.6) is 5.75 Å². The summed E-state index contributed by atoms with van der Waals surface area (Å²) in [5.74, 6) is -0.104. The molecule has 0 aliphatic carbocycles. The van der Waals surface area contributed by atoms with Crippen LogP contribution in [0.2, 0.25) is 0 Å². The van der Waals surface area contributed by atoms with Crippen LogP contribution >= 0.6 is 22.6 Å². The second kappa shape index (κ2) is 4.87. The molecule has 0 unspecified atom stereocenters. The lowest BCUT2D eigenvalue weighted by molar-refractivity contribution is -0.0503. The van der Waals surface area contributed by atoms with E-state index in [-0.39, 0.29) is 11.5 Å². The molecular weight excluding hydrogens is 317 g/mol. The van der Waals surface area contributed by atoms with Crippen LogP contribution in [0, 0.1) is 10.5 Å². The third-order valence-corrected chi connectivity index (χ3v) is 2.54. The Balaban J connectivity index is 3.22. The topological polar surface area (TPSA) is 26.3 Å². The summed E-state index contributed by atoms with van der Waals surface area (Å²) < 4.78 is 29.1. The van der Waals surface area contributed by atoms with Crippen LogP contribution in [0.15, 0.2) is 12.1 Å². The fourth-order valence-electron chi connectivity index (χ4n) is 1.24. The van der Waals surface area contributed by atoms with Crippen molar-refractivity contribution in [2.75, 3.05) is 0 Å². The number of Topliss-reactive ketones (excluding diaryl/α,β-unsaturated/α-hetero) is 1. The molecule has 0 radical (unpaired) electrons. The molecule has 1 aromatic rings. The Labute approximate surface area is 99.8 Å². The minimum atomic E-state index is -2.87. The lowest BCUT2D eigenvalue weighted by Gasteiger charge is -2.11. The SMILES string of the molecule is CC(=O)c1cc(I)cc(OC(F)F)c1C. The first-order chi connectivity index (χ1) is 6.91. The van der Waals surface area contributed by atoms with Crippen molar-refractivity contribution in [3.8, 4) is 5.75 Å². The molecule has 0 saturated heterocycles. The lowest BCUT2D eigenvalue weighted by atomic mass is 10.1. The van der Waals surface area contributed by atoms with Gasteiger partial charge in [0.2, 0.25) is 0 Å². The number of carbonyl (C=O) groups is 1. The van der Waals surface area contributed by atoms with E-state index in [9.17, 15) is 13.6 Å². The summed E-state index contributed by atoms with van der Waals surface area (Å²) in [6.07, 6.45) is 0. The highest BCUT2D eigenvalue weighted by Gasteiger charge is 2.13. The highest BCUT2D eigenvalue weighted by Crippen LogP contribution is 2.26. The van der Waals surface area contributed by atoms with E-state index in [2.05, 4.69) is 4.74 Å². The number of alkyl halides is 2. The Morgan fingerprint density at radius 3 is 2.53 bits per heavy atom. The van der Waals surface area contributed by atoms with E-state index in [4.69, 9.17) is 0 Å². The molecule has 1 aromatic carbocycles. The van der Waals surface area contributed by atoms with E-state index in [1.54, 1.807) is 13.0 Å². The van der Waals surface area contributed by atoms with Gasteiger partial charge in [0.05, 0.1) is 0 Å². The van der Waals surface area contributed by atoms with Crippen LogP contribution in [0.25, 0.3) is 0 Å². The normalized spacial score (nSPS) is 10.5. The third kappa shape index (κ3) is 3.12. The zero-order chi connectivity index (χ0) is 11.6. The standard InChI is InChI=1S/C10H9F2IO2/c1-5-8(6(2)14)3-7(13)4-9(5)15-10(11)12/h3-4,10H,1-2H3. The maximum atomic E-state index is 12.1. The number of ether oxygens (including phenoxy) is 1. The second-order valence-electron chi connectivity index (χ2n) is 3.01. The Hall–Kier alpha value is -0.720. The monoisotopic (exact) mass is 326 g/mol. The summed E-state index contributed by atoms with van der Waals surface area (Å²) in [6, 6.07) is 3.13. The van der Waals surface area contributed by atoms with Crippen molar-refractivity contribution < 1.29 is 18.3 Å². The zero-order valence-electron chi connectivity index (χ0n) is 8.18. The number of rotatable bonds is 3. The average molecular weight is 326 g/mol. The van der Waals surface area contributed by atoms with E-state index in [0.29, 0.717) is 14.7 Å². The molecule has 0 N–H and O–H groups in total. The molecule has 0 atom stereocenters. The molecule has 82 valence electrons. The predicted molar refractivity (Wildman–Crippen MR) is 60.5 cm³/mol. The molecule has 0 aliphatic heterocycles. The van der Waals surface area contributed by atoms with Crippen molar-refractivity contribution in [2.45, 2.75) is 20.5 Å². The number of benzene rings is 1. The Morgan fingerprint density at radius 2 is 2.07 bits per heavy atom. The van der Waals surface area contributed by atoms with Gasteiger partial charge in [-0.2, -0.15) is 8.78 Å². The van der Waals surface area contributed by atoms with Crippen LogP contribution in [-0.4, -0.2) is 12.4 Å². The van der Waals surface area contributed by atoms with Crippen molar-refractivity contribution in [2.24, 2.45) is 0 Å². The highest BCUT2D eigenvalue weighted by atomic mass is 127. The zero-order valence-corrected chi connectivity index (χ0v) is 10.3. The first-order valence-corrected chi connectivity index (χ1v) is 5.25. The van der Waals surface area contributed by atoms with Gasteiger partial charge in [-0.05, 0) is 48.6 Å². The molecule has 0 heterocycles. The summed E-state index contributed by atoms with van der Waals surface area (Å²) in [7, 11) is 0. The van der Waals surface area contributed by atoms with Crippen molar-refractivity contribution in [3.63, 3.8) is 0 Å².